The number of unbranched alkanes of at least 4 members (excludes halogenated alkanes) is 7. The molecule has 105 valence electrons. The lowest BCUT2D eigenvalue weighted by Crippen LogP contribution is -2.00. The standard InChI is InChI=1S/C17H26NO/c1-2-3-4-5-6-7-8-11-14-19-17-13-10-9-12-16(17)15-18/h9-10,12-13,15H,2-8,11,14H2,1H3. The predicted octanol–water partition coefficient (Wildman–Crippen LogP) is 4.43. The van der Waals surface area contributed by atoms with Gasteiger partial charge in [-0.1, -0.05) is 64.0 Å². The summed E-state index contributed by atoms with van der Waals surface area (Å²) in [6, 6.07) is 7.57. The van der Waals surface area contributed by atoms with E-state index in [9.17, 15) is 0 Å². The first-order valence-corrected chi connectivity index (χ1v) is 7.57. The second kappa shape index (κ2) is 10.6. The predicted molar refractivity (Wildman–Crippen MR) is 81.8 cm³/mol. The lowest BCUT2D eigenvalue weighted by atomic mass is 10.1. The molecule has 1 rings (SSSR count). The highest BCUT2D eigenvalue weighted by molar-refractivity contribution is 5.81. The second-order valence-corrected chi connectivity index (χ2v) is 4.99. The average Bonchev–Trinajstić information content (AvgIpc) is 2.46. The fourth-order valence-corrected chi connectivity index (χ4v) is 2.14. The Balaban J connectivity index is 2.03. The highest BCUT2D eigenvalue weighted by atomic mass is 16.5. The smallest absolute Gasteiger partial charge is 0.128 e. The fourth-order valence-electron chi connectivity index (χ4n) is 2.14. The Morgan fingerprint density at radius 2 is 1.58 bits per heavy atom. The molecule has 0 unspecified atom stereocenters. The van der Waals surface area contributed by atoms with Crippen LogP contribution in [0.3, 0.4) is 0 Å². The molecule has 0 aliphatic rings. The molecule has 0 heterocycles. The summed E-state index contributed by atoms with van der Waals surface area (Å²) >= 11 is 0. The number of rotatable bonds is 11. The van der Waals surface area contributed by atoms with Gasteiger partial charge in [0.15, 0.2) is 0 Å². The maximum atomic E-state index is 9.06. The topological polar surface area (TPSA) is 31.5 Å². The van der Waals surface area contributed by atoms with Crippen molar-refractivity contribution in [3.8, 4) is 5.75 Å². The lowest BCUT2D eigenvalue weighted by Gasteiger charge is -2.08. The van der Waals surface area contributed by atoms with Crippen LogP contribution in [0.1, 0.15) is 63.9 Å². The van der Waals surface area contributed by atoms with Gasteiger partial charge in [-0.3, -0.25) is 0 Å². The quantitative estimate of drug-likeness (QED) is 0.428. The highest BCUT2D eigenvalue weighted by Crippen LogP contribution is 2.16. The summed E-state index contributed by atoms with van der Waals surface area (Å²) in [6.45, 7) is 2.98. The molecule has 0 amide bonds. The van der Waals surface area contributed by atoms with Crippen LogP contribution in [0.25, 0.3) is 0 Å². The number of nitrogens with zero attached hydrogens (tertiary/aromatic N) is 1. The zero-order chi connectivity index (χ0) is 13.8. The van der Waals surface area contributed by atoms with Crippen LogP contribution < -0.4 is 10.1 Å². The number of para-hydroxylation sites is 1. The van der Waals surface area contributed by atoms with Gasteiger partial charge in [-0.05, 0) is 18.6 Å². The average molecular weight is 260 g/mol. The number of ether oxygens (including phenoxy) is 1. The number of hydrogen-bond donors (Lipinski definition) is 0. The summed E-state index contributed by atoms with van der Waals surface area (Å²) in [7, 11) is 0. The van der Waals surface area contributed by atoms with Crippen molar-refractivity contribution in [2.45, 2.75) is 58.3 Å². The van der Waals surface area contributed by atoms with E-state index in [0.717, 1.165) is 30.6 Å². The van der Waals surface area contributed by atoms with Crippen molar-refractivity contribution in [3.05, 3.63) is 29.8 Å². The Labute approximate surface area is 117 Å². The molecule has 0 aromatic heterocycles. The molecule has 0 spiro atoms. The van der Waals surface area contributed by atoms with E-state index in [1.165, 1.54) is 44.9 Å². The second-order valence-electron chi connectivity index (χ2n) is 4.99. The summed E-state index contributed by atoms with van der Waals surface area (Å²) in [5.41, 5.74) is 0.752. The van der Waals surface area contributed by atoms with Gasteiger partial charge < -0.3 is 4.74 Å². The molecule has 19 heavy (non-hydrogen) atoms. The van der Waals surface area contributed by atoms with E-state index in [1.54, 1.807) is 0 Å². The summed E-state index contributed by atoms with van der Waals surface area (Å²) < 4.78 is 5.68. The molecular formula is C17H26NO. The normalized spacial score (nSPS) is 10.4. The lowest BCUT2D eigenvalue weighted by molar-refractivity contribution is 0.304. The number of benzene rings is 1. The van der Waals surface area contributed by atoms with Crippen molar-refractivity contribution in [2.24, 2.45) is 0 Å². The van der Waals surface area contributed by atoms with E-state index < -0.39 is 0 Å². The Morgan fingerprint density at radius 1 is 0.947 bits per heavy atom. The SMILES string of the molecule is CCCCCCCCCCOc1ccccc1C=[N]. The molecule has 2 nitrogen and oxygen atoms in total. The molecule has 1 radical (unpaired) electrons. The van der Waals surface area contributed by atoms with Gasteiger partial charge in [-0.25, -0.2) is 0 Å². The fraction of sp³-hybridized carbons (Fsp3) is 0.588. The third-order valence-corrected chi connectivity index (χ3v) is 3.31. The number of hydrogen-bond acceptors (Lipinski definition) is 1. The van der Waals surface area contributed by atoms with E-state index >= 15 is 0 Å². The van der Waals surface area contributed by atoms with E-state index in [-0.39, 0.29) is 0 Å². The molecule has 1 aromatic rings. The van der Waals surface area contributed by atoms with Crippen LogP contribution in [-0.4, -0.2) is 12.8 Å². The van der Waals surface area contributed by atoms with Crippen LogP contribution in [0, 0.1) is 0 Å². The summed E-state index contributed by atoms with van der Waals surface area (Å²) in [6.07, 6.45) is 11.5. The van der Waals surface area contributed by atoms with Gasteiger partial charge in [-0.2, -0.15) is 5.41 Å². The molecule has 0 atom stereocenters. The zero-order valence-corrected chi connectivity index (χ0v) is 12.1. The zero-order valence-electron chi connectivity index (χ0n) is 12.1. The first kappa shape index (κ1) is 15.7. The Hall–Kier alpha value is -1.31. The largest absolute Gasteiger partial charge is 0.493 e. The minimum atomic E-state index is 0.736. The van der Waals surface area contributed by atoms with Crippen LogP contribution in [0.15, 0.2) is 24.3 Å². The van der Waals surface area contributed by atoms with Crippen molar-refractivity contribution < 1.29 is 4.74 Å². The van der Waals surface area contributed by atoms with E-state index in [2.05, 4.69) is 6.92 Å². The van der Waals surface area contributed by atoms with Crippen molar-refractivity contribution in [1.82, 2.24) is 5.41 Å². The molecule has 0 aliphatic carbocycles. The van der Waals surface area contributed by atoms with Crippen molar-refractivity contribution >= 4 is 6.21 Å². The van der Waals surface area contributed by atoms with Crippen LogP contribution in [-0.2, 0) is 0 Å². The van der Waals surface area contributed by atoms with E-state index in [0.29, 0.717) is 0 Å². The molecule has 0 saturated heterocycles. The van der Waals surface area contributed by atoms with Gasteiger partial charge in [0, 0.05) is 5.56 Å². The highest BCUT2D eigenvalue weighted by Gasteiger charge is 1.99. The van der Waals surface area contributed by atoms with Gasteiger partial charge in [0.25, 0.3) is 0 Å². The van der Waals surface area contributed by atoms with Gasteiger partial charge in [0.05, 0.1) is 12.8 Å². The molecule has 0 saturated carbocycles. The third kappa shape index (κ3) is 7.00. The Morgan fingerprint density at radius 3 is 2.26 bits per heavy atom. The molecule has 0 bridgehead atoms. The molecule has 2 heteroatoms. The Kier molecular flexibility index (Phi) is 8.78. The van der Waals surface area contributed by atoms with Gasteiger partial charge in [-0.15, -0.1) is 0 Å². The molecular weight excluding hydrogens is 234 g/mol. The van der Waals surface area contributed by atoms with Crippen LogP contribution in [0.4, 0.5) is 0 Å². The summed E-state index contributed by atoms with van der Waals surface area (Å²) in [4.78, 5) is 0. The molecule has 0 fully saturated rings. The van der Waals surface area contributed by atoms with Crippen LogP contribution in [0.5, 0.6) is 5.75 Å². The molecule has 1 aromatic carbocycles. The maximum Gasteiger partial charge on any atom is 0.128 e. The van der Waals surface area contributed by atoms with Crippen molar-refractivity contribution in [1.29, 1.82) is 0 Å². The molecule has 0 N–H and O–H groups in total. The van der Waals surface area contributed by atoms with Crippen LogP contribution in [0.2, 0.25) is 0 Å². The summed E-state index contributed by atoms with van der Waals surface area (Å²) in [5.74, 6) is 0.771. The van der Waals surface area contributed by atoms with E-state index in [1.807, 2.05) is 24.3 Å². The first-order chi connectivity index (χ1) is 9.38. The van der Waals surface area contributed by atoms with Crippen molar-refractivity contribution in [2.75, 3.05) is 6.61 Å². The Bertz CT molecular complexity index is 349. The molecule has 0 aliphatic heterocycles. The van der Waals surface area contributed by atoms with Crippen molar-refractivity contribution in [3.63, 3.8) is 0 Å². The van der Waals surface area contributed by atoms with Gasteiger partial charge in [0.2, 0.25) is 0 Å². The minimum absolute atomic E-state index is 0.736. The van der Waals surface area contributed by atoms with Gasteiger partial charge >= 0.3 is 0 Å². The minimum Gasteiger partial charge on any atom is -0.493 e. The third-order valence-electron chi connectivity index (χ3n) is 3.31. The monoisotopic (exact) mass is 260 g/mol. The van der Waals surface area contributed by atoms with E-state index in [4.69, 9.17) is 10.1 Å². The van der Waals surface area contributed by atoms with Gasteiger partial charge in [0.1, 0.15) is 5.75 Å². The maximum absolute atomic E-state index is 9.06. The van der Waals surface area contributed by atoms with Crippen LogP contribution >= 0.6 is 0 Å². The first-order valence-electron chi connectivity index (χ1n) is 7.57. The summed E-state index contributed by atoms with van der Waals surface area (Å²) in [5, 5.41) is 9.06.